The highest BCUT2D eigenvalue weighted by Crippen LogP contribution is 2.33. The number of benzene rings is 1. The Morgan fingerprint density at radius 1 is 1.15 bits per heavy atom. The van der Waals surface area contributed by atoms with Crippen molar-refractivity contribution in [2.24, 2.45) is 11.8 Å². The molecule has 9 heteroatoms. The van der Waals surface area contributed by atoms with E-state index in [-0.39, 0.29) is 33.1 Å². The fourth-order valence-electron chi connectivity index (χ4n) is 3.15. The van der Waals surface area contributed by atoms with Gasteiger partial charge >= 0.3 is 5.97 Å². The molecule has 2 aromatic rings. The van der Waals surface area contributed by atoms with Gasteiger partial charge in [-0.05, 0) is 37.8 Å². The second-order valence-corrected chi connectivity index (χ2v) is 7.34. The number of aromatic nitrogens is 1. The van der Waals surface area contributed by atoms with E-state index in [1.807, 2.05) is 6.07 Å². The molecule has 1 aromatic heterocycles. The van der Waals surface area contributed by atoms with Crippen molar-refractivity contribution < 1.29 is 23.5 Å². The number of rotatable bonds is 4. The number of nitrogens with zero attached hydrogens (tertiary/aromatic N) is 2. The predicted molar refractivity (Wildman–Crippen MR) is 93.9 cm³/mol. The molecular formula is C18H15F2N3O3S. The molecule has 0 radical (unpaired) electrons. The van der Waals surface area contributed by atoms with Crippen LogP contribution in [0.2, 0.25) is 0 Å². The van der Waals surface area contributed by atoms with Crippen molar-refractivity contribution in [2.75, 3.05) is 5.32 Å². The van der Waals surface area contributed by atoms with Crippen LogP contribution >= 0.6 is 11.3 Å². The van der Waals surface area contributed by atoms with Gasteiger partial charge in [-0.2, -0.15) is 5.26 Å². The number of hydrogen-bond donors (Lipinski definition) is 2. The summed E-state index contributed by atoms with van der Waals surface area (Å²) in [6.07, 6.45) is 1.79. The molecule has 1 heterocycles. The van der Waals surface area contributed by atoms with Crippen molar-refractivity contribution in [3.63, 3.8) is 0 Å². The number of nitrogens with one attached hydrogen (secondary N) is 1. The van der Waals surface area contributed by atoms with E-state index in [2.05, 4.69) is 10.3 Å². The number of carbonyl (C=O) groups excluding carboxylic acids is 1. The zero-order valence-electron chi connectivity index (χ0n) is 14.0. The fraction of sp³-hybridized carbons (Fsp3) is 0.333. The number of carbonyl (C=O) groups is 2. The first-order valence-corrected chi connectivity index (χ1v) is 9.10. The summed E-state index contributed by atoms with van der Waals surface area (Å²) < 4.78 is 26.9. The number of thiazole rings is 1. The van der Waals surface area contributed by atoms with Crippen LogP contribution < -0.4 is 5.32 Å². The lowest BCUT2D eigenvalue weighted by molar-refractivity contribution is -0.143. The Morgan fingerprint density at radius 2 is 1.74 bits per heavy atom. The van der Waals surface area contributed by atoms with Gasteiger partial charge in [0.15, 0.2) is 5.13 Å². The van der Waals surface area contributed by atoms with Gasteiger partial charge in [0, 0.05) is 17.5 Å². The molecule has 3 rings (SSSR count). The zero-order valence-corrected chi connectivity index (χ0v) is 14.9. The normalized spacial score (nSPS) is 19.3. The standard InChI is InChI=1S/C18H15F2N3O3S/c19-12-5-11(6-13(20)7-12)15-14(8-21)27-18(22-15)23-16(24)9-1-3-10(4-2-9)17(25)26/h5-7,9-10H,1-4H2,(H,25,26)(H,22,23,24). The van der Waals surface area contributed by atoms with Crippen LogP contribution in [0.15, 0.2) is 18.2 Å². The molecule has 1 saturated carbocycles. The molecule has 6 nitrogen and oxygen atoms in total. The molecule has 0 unspecified atom stereocenters. The van der Waals surface area contributed by atoms with Crippen molar-refractivity contribution in [1.29, 1.82) is 5.26 Å². The first kappa shape index (κ1) is 18.9. The average Bonchev–Trinajstić information content (AvgIpc) is 3.04. The van der Waals surface area contributed by atoms with Gasteiger partial charge in [-0.1, -0.05) is 11.3 Å². The number of hydrogen-bond acceptors (Lipinski definition) is 5. The first-order chi connectivity index (χ1) is 12.9. The number of halogens is 2. The Labute approximate surface area is 157 Å². The topological polar surface area (TPSA) is 103 Å². The van der Waals surface area contributed by atoms with Gasteiger partial charge in [0.2, 0.25) is 5.91 Å². The highest BCUT2D eigenvalue weighted by molar-refractivity contribution is 7.16. The van der Waals surface area contributed by atoms with E-state index in [4.69, 9.17) is 5.11 Å². The molecule has 1 aliphatic carbocycles. The highest BCUT2D eigenvalue weighted by Gasteiger charge is 2.30. The van der Waals surface area contributed by atoms with Gasteiger partial charge in [0.05, 0.1) is 5.92 Å². The van der Waals surface area contributed by atoms with Gasteiger partial charge in [0.25, 0.3) is 0 Å². The van der Waals surface area contributed by atoms with Crippen LogP contribution in [0.25, 0.3) is 11.3 Å². The Bertz CT molecular complexity index is 910. The lowest BCUT2D eigenvalue weighted by Gasteiger charge is -2.24. The lowest BCUT2D eigenvalue weighted by atomic mass is 9.81. The molecule has 27 heavy (non-hydrogen) atoms. The Hall–Kier alpha value is -2.86. The minimum atomic E-state index is -0.848. The third kappa shape index (κ3) is 4.28. The van der Waals surface area contributed by atoms with E-state index in [0.717, 1.165) is 29.5 Å². The molecule has 0 bridgehead atoms. The Kier molecular flexibility index (Phi) is 5.46. The summed E-state index contributed by atoms with van der Waals surface area (Å²) in [7, 11) is 0. The van der Waals surface area contributed by atoms with E-state index in [0.29, 0.717) is 25.7 Å². The number of carboxylic acid groups (broad SMARTS) is 1. The maximum Gasteiger partial charge on any atom is 0.306 e. The summed E-state index contributed by atoms with van der Waals surface area (Å²) in [6, 6.07) is 4.77. The molecule has 0 atom stereocenters. The van der Waals surface area contributed by atoms with Crippen LogP contribution in [0.3, 0.4) is 0 Å². The fourth-order valence-corrected chi connectivity index (χ4v) is 3.93. The van der Waals surface area contributed by atoms with E-state index in [1.54, 1.807) is 0 Å². The molecular weight excluding hydrogens is 376 g/mol. The third-order valence-electron chi connectivity index (χ3n) is 4.54. The largest absolute Gasteiger partial charge is 0.481 e. The molecule has 140 valence electrons. The van der Waals surface area contributed by atoms with Crippen LogP contribution in [-0.4, -0.2) is 22.0 Å². The Morgan fingerprint density at radius 3 is 2.30 bits per heavy atom. The summed E-state index contributed by atoms with van der Waals surface area (Å²) in [6.45, 7) is 0. The maximum atomic E-state index is 13.4. The van der Waals surface area contributed by atoms with Crippen LogP contribution in [0.4, 0.5) is 13.9 Å². The number of nitriles is 1. The van der Waals surface area contributed by atoms with Crippen molar-refractivity contribution in [2.45, 2.75) is 25.7 Å². The minimum absolute atomic E-state index is 0.103. The summed E-state index contributed by atoms with van der Waals surface area (Å²) in [5.74, 6) is -3.47. The number of amides is 1. The molecule has 0 aliphatic heterocycles. The number of anilines is 1. The van der Waals surface area contributed by atoms with Crippen molar-refractivity contribution in [1.82, 2.24) is 4.98 Å². The second kappa shape index (κ2) is 7.80. The van der Waals surface area contributed by atoms with Crippen molar-refractivity contribution >= 4 is 28.3 Å². The van der Waals surface area contributed by atoms with Crippen molar-refractivity contribution in [3.8, 4) is 17.3 Å². The summed E-state index contributed by atoms with van der Waals surface area (Å²) in [5.41, 5.74) is 0.216. The monoisotopic (exact) mass is 391 g/mol. The Balaban J connectivity index is 1.75. The molecule has 0 spiro atoms. The van der Waals surface area contributed by atoms with Crippen LogP contribution in [0, 0.1) is 34.8 Å². The summed E-state index contributed by atoms with van der Waals surface area (Å²) in [4.78, 5) is 27.7. The highest BCUT2D eigenvalue weighted by atomic mass is 32.1. The first-order valence-electron chi connectivity index (χ1n) is 8.28. The van der Waals surface area contributed by atoms with Gasteiger partial charge in [-0.25, -0.2) is 13.8 Å². The SMILES string of the molecule is N#Cc1sc(NC(=O)C2CCC(C(=O)O)CC2)nc1-c1cc(F)cc(F)c1. The summed E-state index contributed by atoms with van der Waals surface area (Å²) in [5, 5.41) is 21.1. The van der Waals surface area contributed by atoms with Gasteiger partial charge in [-0.15, -0.1) is 0 Å². The minimum Gasteiger partial charge on any atom is -0.481 e. The van der Waals surface area contributed by atoms with E-state index < -0.39 is 23.5 Å². The molecule has 1 amide bonds. The molecule has 1 aromatic carbocycles. The van der Waals surface area contributed by atoms with Gasteiger partial charge in [0.1, 0.15) is 28.3 Å². The molecule has 1 fully saturated rings. The van der Waals surface area contributed by atoms with Gasteiger partial charge in [-0.3, -0.25) is 9.59 Å². The third-order valence-corrected chi connectivity index (χ3v) is 5.42. The lowest BCUT2D eigenvalue weighted by Crippen LogP contribution is -2.29. The second-order valence-electron chi connectivity index (χ2n) is 6.34. The van der Waals surface area contributed by atoms with E-state index in [9.17, 15) is 23.6 Å². The number of carboxylic acids is 1. The van der Waals surface area contributed by atoms with Crippen molar-refractivity contribution in [3.05, 3.63) is 34.7 Å². The predicted octanol–water partition coefficient (Wildman–Crippen LogP) is 3.79. The number of aliphatic carboxylic acids is 1. The average molecular weight is 391 g/mol. The van der Waals surface area contributed by atoms with E-state index in [1.165, 1.54) is 0 Å². The van der Waals surface area contributed by atoms with Crippen LogP contribution in [0.5, 0.6) is 0 Å². The summed E-state index contributed by atoms with van der Waals surface area (Å²) >= 11 is 0.921. The molecule has 2 N–H and O–H groups in total. The molecule has 0 saturated heterocycles. The van der Waals surface area contributed by atoms with Crippen LogP contribution in [0.1, 0.15) is 30.6 Å². The van der Waals surface area contributed by atoms with E-state index >= 15 is 0 Å². The zero-order chi connectivity index (χ0) is 19.6. The smallest absolute Gasteiger partial charge is 0.306 e. The maximum absolute atomic E-state index is 13.4. The molecule has 1 aliphatic rings. The van der Waals surface area contributed by atoms with Gasteiger partial charge < -0.3 is 10.4 Å². The van der Waals surface area contributed by atoms with Crippen LogP contribution in [-0.2, 0) is 9.59 Å². The quantitative estimate of drug-likeness (QED) is 0.825.